The molecular weight excluding hydrogens is 539 g/mol. The molecule has 0 saturated carbocycles. The van der Waals surface area contributed by atoms with E-state index in [9.17, 15) is 23.1 Å². The Morgan fingerprint density at radius 1 is 1.02 bits per heavy atom. The lowest BCUT2D eigenvalue weighted by atomic mass is 10.0. The molecule has 4 aromatic rings. The third-order valence-corrected chi connectivity index (χ3v) is 8.29. The highest BCUT2D eigenvalue weighted by Gasteiger charge is 2.31. The Hall–Kier alpha value is -3.33. The molecule has 0 bridgehead atoms. The summed E-state index contributed by atoms with van der Waals surface area (Å²) in [4.78, 5) is 13.6. The number of carbonyl (C=O) groups is 1. The van der Waals surface area contributed by atoms with Gasteiger partial charge in [-0.05, 0) is 87.4 Å². The van der Waals surface area contributed by atoms with Crippen LogP contribution in [0.15, 0.2) is 47.0 Å². The van der Waals surface area contributed by atoms with Gasteiger partial charge in [0.2, 0.25) is 0 Å². The Morgan fingerprint density at radius 2 is 1.75 bits per heavy atom. The first kappa shape index (κ1) is 29.6. The molecule has 0 saturated heterocycles. The van der Waals surface area contributed by atoms with Crippen LogP contribution in [-0.4, -0.2) is 21.8 Å². The van der Waals surface area contributed by atoms with E-state index in [4.69, 9.17) is 9.26 Å². The highest BCUT2D eigenvalue weighted by molar-refractivity contribution is 7.15. The summed E-state index contributed by atoms with van der Waals surface area (Å²) in [6, 6.07) is 11.1. The zero-order valence-corrected chi connectivity index (χ0v) is 24.0. The first-order valence-electron chi connectivity index (χ1n) is 13.5. The van der Waals surface area contributed by atoms with Gasteiger partial charge in [-0.15, -0.1) is 11.3 Å². The smallest absolute Gasteiger partial charge is 0.416 e. The van der Waals surface area contributed by atoms with Gasteiger partial charge in [0.1, 0.15) is 5.75 Å². The van der Waals surface area contributed by atoms with Crippen molar-refractivity contribution < 1.29 is 32.3 Å². The maximum absolute atomic E-state index is 13.0. The van der Waals surface area contributed by atoms with Crippen LogP contribution in [0.2, 0.25) is 0 Å². The molecule has 2 heterocycles. The Labute approximate surface area is 236 Å². The molecule has 0 amide bonds. The van der Waals surface area contributed by atoms with Gasteiger partial charge in [0.25, 0.3) is 0 Å². The van der Waals surface area contributed by atoms with Crippen LogP contribution in [-0.2, 0) is 30.2 Å². The van der Waals surface area contributed by atoms with Crippen molar-refractivity contribution in [3.8, 4) is 16.2 Å². The third-order valence-electron chi connectivity index (χ3n) is 7.00. The van der Waals surface area contributed by atoms with Gasteiger partial charge >= 0.3 is 12.1 Å². The van der Waals surface area contributed by atoms with Crippen LogP contribution in [0.25, 0.3) is 21.4 Å². The summed E-state index contributed by atoms with van der Waals surface area (Å²) in [5, 5.41) is 14.5. The van der Waals surface area contributed by atoms with Crippen molar-refractivity contribution in [2.75, 3.05) is 0 Å². The summed E-state index contributed by atoms with van der Waals surface area (Å²) in [6.45, 7) is 7.01. The highest BCUT2D eigenvalue weighted by atomic mass is 32.1. The number of hydrogen-bond acceptors (Lipinski definition) is 5. The monoisotopic (exact) mass is 573 g/mol. The van der Waals surface area contributed by atoms with Gasteiger partial charge in [0.05, 0.1) is 11.3 Å². The Balaban J connectivity index is 1.56. The minimum Gasteiger partial charge on any atom is -0.478 e. The number of hydrogen-bond donors (Lipinski definition) is 1. The van der Waals surface area contributed by atoms with E-state index in [1.54, 1.807) is 29.5 Å². The number of aromatic nitrogens is 1. The number of ether oxygens (including phenoxy) is 1. The summed E-state index contributed by atoms with van der Waals surface area (Å²) < 4.78 is 50.5. The molecule has 0 fully saturated rings. The SMILES string of the molecule is CCCCCCc1cc(-c2ccc(C(F)(F)F)cc2)sc1CCc1noc2cc(OC(C)(C)C(=O)O)c(C)cc12. The zero-order valence-electron chi connectivity index (χ0n) is 23.2. The number of carboxylic acids is 1. The molecule has 0 aliphatic heterocycles. The van der Waals surface area contributed by atoms with Crippen molar-refractivity contribution in [1.82, 2.24) is 5.16 Å². The van der Waals surface area contributed by atoms with Crippen molar-refractivity contribution in [2.24, 2.45) is 0 Å². The lowest BCUT2D eigenvalue weighted by Gasteiger charge is -2.22. The molecule has 214 valence electrons. The number of benzene rings is 2. The Bertz CT molecular complexity index is 1470. The van der Waals surface area contributed by atoms with Gasteiger partial charge in [0, 0.05) is 21.2 Å². The quantitative estimate of drug-likeness (QED) is 0.171. The van der Waals surface area contributed by atoms with E-state index in [2.05, 4.69) is 18.1 Å². The van der Waals surface area contributed by atoms with E-state index in [0.29, 0.717) is 17.8 Å². The van der Waals surface area contributed by atoms with Crippen molar-refractivity contribution in [2.45, 2.75) is 84.4 Å². The molecule has 1 N–H and O–H groups in total. The summed E-state index contributed by atoms with van der Waals surface area (Å²) in [5.41, 5.74) is 2.06. The van der Waals surface area contributed by atoms with Gasteiger partial charge in [-0.25, -0.2) is 4.79 Å². The van der Waals surface area contributed by atoms with Crippen LogP contribution in [0.1, 0.15) is 73.7 Å². The number of fused-ring (bicyclic) bond motifs is 1. The van der Waals surface area contributed by atoms with Crippen LogP contribution in [0.4, 0.5) is 13.2 Å². The maximum atomic E-state index is 13.0. The number of nitrogens with zero attached hydrogens (tertiary/aromatic N) is 1. The molecule has 9 heteroatoms. The topological polar surface area (TPSA) is 72.6 Å². The second kappa shape index (κ2) is 12.0. The molecule has 0 aliphatic rings. The predicted molar refractivity (Wildman–Crippen MR) is 151 cm³/mol. The molecule has 40 heavy (non-hydrogen) atoms. The average molecular weight is 574 g/mol. The molecule has 0 spiro atoms. The van der Waals surface area contributed by atoms with E-state index in [0.717, 1.165) is 71.3 Å². The molecule has 2 aromatic carbocycles. The summed E-state index contributed by atoms with van der Waals surface area (Å²) >= 11 is 1.62. The number of unbranched alkanes of at least 4 members (excludes halogenated alkanes) is 3. The maximum Gasteiger partial charge on any atom is 0.416 e. The lowest BCUT2D eigenvalue weighted by Crippen LogP contribution is -2.38. The third kappa shape index (κ3) is 6.86. The average Bonchev–Trinajstić information content (AvgIpc) is 3.48. The summed E-state index contributed by atoms with van der Waals surface area (Å²) in [5.74, 6) is -0.640. The summed E-state index contributed by atoms with van der Waals surface area (Å²) in [7, 11) is 0. The molecule has 0 radical (unpaired) electrons. The molecule has 4 rings (SSSR count). The van der Waals surface area contributed by atoms with E-state index in [1.807, 2.05) is 13.0 Å². The number of carboxylic acid groups (broad SMARTS) is 1. The van der Waals surface area contributed by atoms with Crippen molar-refractivity contribution in [3.05, 3.63) is 69.7 Å². The van der Waals surface area contributed by atoms with Gasteiger partial charge in [-0.2, -0.15) is 13.2 Å². The highest BCUT2D eigenvalue weighted by Crippen LogP contribution is 2.37. The van der Waals surface area contributed by atoms with Crippen LogP contribution < -0.4 is 4.74 Å². The number of thiophene rings is 1. The molecular formula is C31H34F3NO4S. The zero-order chi connectivity index (χ0) is 29.1. The normalized spacial score (nSPS) is 12.3. The van der Waals surface area contributed by atoms with E-state index < -0.39 is 23.3 Å². The summed E-state index contributed by atoms with van der Waals surface area (Å²) in [6.07, 6.45) is 2.43. The fraction of sp³-hybridized carbons (Fsp3) is 0.419. The second-order valence-electron chi connectivity index (χ2n) is 10.6. The Kier molecular flexibility index (Phi) is 8.93. The molecule has 0 atom stereocenters. The lowest BCUT2D eigenvalue weighted by molar-refractivity contribution is -0.152. The van der Waals surface area contributed by atoms with Gasteiger partial charge in [-0.1, -0.05) is 43.5 Å². The van der Waals surface area contributed by atoms with Gasteiger partial charge in [0.15, 0.2) is 11.2 Å². The van der Waals surface area contributed by atoms with Crippen LogP contribution in [0.3, 0.4) is 0 Å². The van der Waals surface area contributed by atoms with Crippen molar-refractivity contribution >= 4 is 28.3 Å². The first-order valence-corrected chi connectivity index (χ1v) is 14.3. The number of rotatable bonds is 12. The molecule has 2 aromatic heterocycles. The number of alkyl halides is 3. The molecule has 0 aliphatic carbocycles. The fourth-order valence-electron chi connectivity index (χ4n) is 4.56. The van der Waals surface area contributed by atoms with Gasteiger partial charge < -0.3 is 14.4 Å². The largest absolute Gasteiger partial charge is 0.478 e. The predicted octanol–water partition coefficient (Wildman–Crippen LogP) is 9.03. The van der Waals surface area contributed by atoms with E-state index in [-0.39, 0.29) is 0 Å². The standard InChI is InChI=1S/C31H34F3NO4S/c1-5-6-7-8-9-21-17-28(20-10-12-22(13-11-20)31(32,33)34)40-27(21)15-14-24-23-16-19(2)25(18-26(23)39-35-24)38-30(3,4)29(36)37/h10-13,16-18H,5-9,14-15H2,1-4H3,(H,36,37). The number of aryl methyl sites for hydroxylation is 4. The fourth-order valence-corrected chi connectivity index (χ4v) is 5.78. The van der Waals surface area contributed by atoms with E-state index >= 15 is 0 Å². The molecule has 0 unspecified atom stereocenters. The Morgan fingerprint density at radius 3 is 2.40 bits per heavy atom. The number of aliphatic carboxylic acids is 1. The van der Waals surface area contributed by atoms with Crippen LogP contribution >= 0.6 is 11.3 Å². The van der Waals surface area contributed by atoms with E-state index in [1.165, 1.54) is 30.7 Å². The van der Waals surface area contributed by atoms with Crippen molar-refractivity contribution in [3.63, 3.8) is 0 Å². The first-order chi connectivity index (χ1) is 18.9. The minimum absolute atomic E-state index is 0.427. The van der Waals surface area contributed by atoms with Gasteiger partial charge in [-0.3, -0.25) is 0 Å². The van der Waals surface area contributed by atoms with Crippen molar-refractivity contribution in [1.29, 1.82) is 0 Å². The van der Waals surface area contributed by atoms with Crippen LogP contribution in [0.5, 0.6) is 5.75 Å². The molecule has 5 nitrogen and oxygen atoms in total. The minimum atomic E-state index is -4.36. The number of halogens is 3. The van der Waals surface area contributed by atoms with Crippen LogP contribution in [0, 0.1) is 6.92 Å². The second-order valence-corrected chi connectivity index (χ2v) is 11.7.